The summed E-state index contributed by atoms with van der Waals surface area (Å²) in [5.41, 5.74) is 2.39. The molecule has 2 aromatic carbocycles. The van der Waals surface area contributed by atoms with Crippen LogP contribution in [0.2, 0.25) is 0 Å². The first-order chi connectivity index (χ1) is 10.5. The number of phenolic OH excluding ortho intramolecular Hbond substituents is 1. The summed E-state index contributed by atoms with van der Waals surface area (Å²) < 4.78 is 10.5. The number of phenols is 1. The van der Waals surface area contributed by atoms with Gasteiger partial charge in [0.1, 0.15) is 5.75 Å². The van der Waals surface area contributed by atoms with E-state index in [9.17, 15) is 9.90 Å². The maximum absolute atomic E-state index is 12.1. The number of hydrogen-bond acceptors (Lipinski definition) is 4. The van der Waals surface area contributed by atoms with E-state index in [1.165, 1.54) is 0 Å². The average Bonchev–Trinajstić information content (AvgIpc) is 2.51. The van der Waals surface area contributed by atoms with Crippen LogP contribution in [0.5, 0.6) is 17.2 Å². The molecule has 0 heterocycles. The van der Waals surface area contributed by atoms with Crippen LogP contribution in [0.15, 0.2) is 36.4 Å². The number of aryl methyl sites for hydroxylation is 1. The van der Waals surface area contributed by atoms with E-state index in [-0.39, 0.29) is 18.1 Å². The SMILES string of the molecule is COc1cc(C)c(NC(=O)Cc2ccc(O)cc2)cc1OC. The minimum Gasteiger partial charge on any atom is -0.508 e. The summed E-state index contributed by atoms with van der Waals surface area (Å²) in [4.78, 5) is 12.1. The lowest BCUT2D eigenvalue weighted by Crippen LogP contribution is -2.15. The molecular weight excluding hydrogens is 282 g/mol. The van der Waals surface area contributed by atoms with E-state index in [1.54, 1.807) is 44.6 Å². The first kappa shape index (κ1) is 15.7. The van der Waals surface area contributed by atoms with Gasteiger partial charge in [0.25, 0.3) is 0 Å². The molecule has 5 heteroatoms. The molecule has 0 radical (unpaired) electrons. The number of carbonyl (C=O) groups is 1. The molecule has 0 unspecified atom stereocenters. The van der Waals surface area contributed by atoms with Crippen LogP contribution in [0.3, 0.4) is 0 Å². The predicted molar refractivity (Wildman–Crippen MR) is 84.7 cm³/mol. The second-order valence-corrected chi connectivity index (χ2v) is 4.91. The van der Waals surface area contributed by atoms with Crippen molar-refractivity contribution in [2.24, 2.45) is 0 Å². The second kappa shape index (κ2) is 6.85. The highest BCUT2D eigenvalue weighted by Gasteiger charge is 2.11. The number of nitrogens with one attached hydrogen (secondary N) is 1. The summed E-state index contributed by atoms with van der Waals surface area (Å²) >= 11 is 0. The molecule has 0 aromatic heterocycles. The monoisotopic (exact) mass is 301 g/mol. The fraction of sp³-hybridized carbons (Fsp3) is 0.235. The van der Waals surface area contributed by atoms with E-state index in [0.717, 1.165) is 11.1 Å². The molecule has 0 saturated carbocycles. The summed E-state index contributed by atoms with van der Waals surface area (Å²) in [5, 5.41) is 12.1. The maximum atomic E-state index is 12.1. The summed E-state index contributed by atoms with van der Waals surface area (Å²) in [6, 6.07) is 10.1. The number of carbonyl (C=O) groups excluding carboxylic acids is 1. The van der Waals surface area contributed by atoms with Crippen LogP contribution in [0.1, 0.15) is 11.1 Å². The molecule has 0 fully saturated rings. The molecule has 22 heavy (non-hydrogen) atoms. The normalized spacial score (nSPS) is 10.1. The van der Waals surface area contributed by atoms with Crippen molar-refractivity contribution in [2.75, 3.05) is 19.5 Å². The molecule has 0 atom stereocenters. The number of amides is 1. The molecule has 2 N–H and O–H groups in total. The van der Waals surface area contributed by atoms with Gasteiger partial charge in [0, 0.05) is 11.8 Å². The zero-order valence-corrected chi connectivity index (χ0v) is 12.8. The Hall–Kier alpha value is -2.69. The first-order valence-corrected chi connectivity index (χ1v) is 6.84. The molecule has 1 amide bonds. The molecule has 2 aromatic rings. The molecule has 116 valence electrons. The van der Waals surface area contributed by atoms with Crippen molar-refractivity contribution in [3.05, 3.63) is 47.5 Å². The zero-order chi connectivity index (χ0) is 16.1. The average molecular weight is 301 g/mol. The third kappa shape index (κ3) is 3.69. The minimum atomic E-state index is -0.138. The predicted octanol–water partition coefficient (Wildman–Crippen LogP) is 2.90. The van der Waals surface area contributed by atoms with Gasteiger partial charge in [-0.1, -0.05) is 12.1 Å². The van der Waals surface area contributed by atoms with Gasteiger partial charge in [0.15, 0.2) is 11.5 Å². The molecular formula is C17H19NO4. The number of ether oxygens (including phenoxy) is 2. The van der Waals surface area contributed by atoms with Gasteiger partial charge in [-0.2, -0.15) is 0 Å². The fourth-order valence-electron chi connectivity index (χ4n) is 2.11. The van der Waals surface area contributed by atoms with Gasteiger partial charge < -0.3 is 19.9 Å². The Kier molecular flexibility index (Phi) is 4.88. The number of aromatic hydroxyl groups is 1. The van der Waals surface area contributed by atoms with Gasteiger partial charge in [0.2, 0.25) is 5.91 Å². The quantitative estimate of drug-likeness (QED) is 0.891. The topological polar surface area (TPSA) is 67.8 Å². The van der Waals surface area contributed by atoms with Crippen LogP contribution < -0.4 is 14.8 Å². The summed E-state index contributed by atoms with van der Waals surface area (Å²) in [6.45, 7) is 1.89. The van der Waals surface area contributed by atoms with E-state index >= 15 is 0 Å². The number of methoxy groups -OCH3 is 2. The Bertz CT molecular complexity index is 665. The van der Waals surface area contributed by atoms with Crippen molar-refractivity contribution in [1.29, 1.82) is 0 Å². The Balaban J connectivity index is 2.12. The van der Waals surface area contributed by atoms with Gasteiger partial charge in [-0.05, 0) is 36.2 Å². The van der Waals surface area contributed by atoms with Crippen LogP contribution in [0, 0.1) is 6.92 Å². The zero-order valence-electron chi connectivity index (χ0n) is 12.8. The number of anilines is 1. The Morgan fingerprint density at radius 2 is 1.68 bits per heavy atom. The first-order valence-electron chi connectivity index (χ1n) is 6.84. The third-order valence-corrected chi connectivity index (χ3v) is 3.31. The number of benzene rings is 2. The molecule has 0 bridgehead atoms. The lowest BCUT2D eigenvalue weighted by atomic mass is 10.1. The number of rotatable bonds is 5. The summed E-state index contributed by atoms with van der Waals surface area (Å²) in [7, 11) is 3.12. The van der Waals surface area contributed by atoms with E-state index in [0.29, 0.717) is 17.2 Å². The lowest BCUT2D eigenvalue weighted by molar-refractivity contribution is -0.115. The van der Waals surface area contributed by atoms with Gasteiger partial charge >= 0.3 is 0 Å². The van der Waals surface area contributed by atoms with Crippen LogP contribution in [-0.4, -0.2) is 25.2 Å². The summed E-state index contributed by atoms with van der Waals surface area (Å²) in [5.74, 6) is 1.23. The largest absolute Gasteiger partial charge is 0.508 e. The van der Waals surface area contributed by atoms with Gasteiger partial charge in [-0.15, -0.1) is 0 Å². The molecule has 0 spiro atoms. The smallest absolute Gasteiger partial charge is 0.228 e. The molecule has 2 rings (SSSR count). The van der Waals surface area contributed by atoms with Crippen molar-refractivity contribution in [3.63, 3.8) is 0 Å². The second-order valence-electron chi connectivity index (χ2n) is 4.91. The minimum absolute atomic E-state index is 0.138. The third-order valence-electron chi connectivity index (χ3n) is 3.31. The van der Waals surface area contributed by atoms with Crippen LogP contribution >= 0.6 is 0 Å². The van der Waals surface area contributed by atoms with Gasteiger partial charge in [-0.3, -0.25) is 4.79 Å². The fourth-order valence-corrected chi connectivity index (χ4v) is 2.11. The van der Waals surface area contributed by atoms with Gasteiger partial charge in [-0.25, -0.2) is 0 Å². The maximum Gasteiger partial charge on any atom is 0.228 e. The van der Waals surface area contributed by atoms with Gasteiger partial charge in [0.05, 0.1) is 20.6 Å². The molecule has 0 aliphatic rings. The van der Waals surface area contributed by atoms with Crippen molar-refractivity contribution < 1.29 is 19.4 Å². The molecule has 0 aliphatic heterocycles. The molecule has 0 aliphatic carbocycles. The Labute approximate surface area is 129 Å². The number of hydrogen-bond donors (Lipinski definition) is 2. The van der Waals surface area contributed by atoms with Crippen LogP contribution in [-0.2, 0) is 11.2 Å². The van der Waals surface area contributed by atoms with E-state index in [4.69, 9.17) is 9.47 Å². The highest BCUT2D eigenvalue weighted by molar-refractivity contribution is 5.93. The van der Waals surface area contributed by atoms with Crippen LogP contribution in [0.4, 0.5) is 5.69 Å². The summed E-state index contributed by atoms with van der Waals surface area (Å²) in [6.07, 6.45) is 0.230. The molecule has 5 nitrogen and oxygen atoms in total. The van der Waals surface area contributed by atoms with Crippen molar-refractivity contribution in [3.8, 4) is 17.2 Å². The molecule has 0 saturated heterocycles. The van der Waals surface area contributed by atoms with Crippen molar-refractivity contribution in [2.45, 2.75) is 13.3 Å². The van der Waals surface area contributed by atoms with E-state index < -0.39 is 0 Å². The van der Waals surface area contributed by atoms with Crippen molar-refractivity contribution >= 4 is 11.6 Å². The Morgan fingerprint density at radius 3 is 2.27 bits per heavy atom. The highest BCUT2D eigenvalue weighted by Crippen LogP contribution is 2.32. The van der Waals surface area contributed by atoms with Crippen molar-refractivity contribution in [1.82, 2.24) is 0 Å². The highest BCUT2D eigenvalue weighted by atomic mass is 16.5. The Morgan fingerprint density at radius 1 is 1.09 bits per heavy atom. The lowest BCUT2D eigenvalue weighted by Gasteiger charge is -2.13. The van der Waals surface area contributed by atoms with E-state index in [1.807, 2.05) is 13.0 Å². The standard InChI is InChI=1S/C17H19NO4/c1-11-8-15(21-2)16(22-3)10-14(11)18-17(20)9-12-4-6-13(19)7-5-12/h4-8,10,19H,9H2,1-3H3,(H,18,20). The van der Waals surface area contributed by atoms with E-state index in [2.05, 4.69) is 5.32 Å². The van der Waals surface area contributed by atoms with Crippen LogP contribution in [0.25, 0.3) is 0 Å².